The summed E-state index contributed by atoms with van der Waals surface area (Å²) >= 11 is 0. The maximum absolute atomic E-state index is 11.6. The standard InChI is InChI=1S/C26H31N7O4/c1-2-36-20-9-3-4-10-21(20)37-18-7-5-13-32(17-18)24-16-27-15-22(29-24)30-26-28-12-11-23(31-26)33-14-6-8-19(33)25(34)35/h3-4,9-12,15-16,18-19H,2,5-8,13-14,17H2,1H3,(H,34,35)(H,28,29,30,31)/t18-,19+/m1/s1. The molecular weight excluding hydrogens is 474 g/mol. The minimum Gasteiger partial charge on any atom is -0.490 e. The van der Waals surface area contributed by atoms with Crippen LogP contribution in [0.4, 0.5) is 23.4 Å². The van der Waals surface area contributed by atoms with Crippen molar-refractivity contribution in [1.82, 2.24) is 19.9 Å². The van der Waals surface area contributed by atoms with Crippen molar-refractivity contribution < 1.29 is 19.4 Å². The summed E-state index contributed by atoms with van der Waals surface area (Å²) in [5.41, 5.74) is 0. The van der Waals surface area contributed by atoms with Gasteiger partial charge >= 0.3 is 5.97 Å². The van der Waals surface area contributed by atoms with Gasteiger partial charge in [0.15, 0.2) is 17.3 Å². The Bertz CT molecular complexity index is 1230. The first-order valence-corrected chi connectivity index (χ1v) is 12.7. The topological polar surface area (TPSA) is 126 Å². The molecule has 0 radical (unpaired) electrons. The smallest absolute Gasteiger partial charge is 0.326 e. The van der Waals surface area contributed by atoms with Crippen LogP contribution in [0.3, 0.4) is 0 Å². The summed E-state index contributed by atoms with van der Waals surface area (Å²) in [5, 5.41) is 12.6. The van der Waals surface area contributed by atoms with Crippen molar-refractivity contribution in [2.75, 3.05) is 41.4 Å². The molecule has 2 atom stereocenters. The number of rotatable bonds is 9. The molecule has 2 aliphatic rings. The van der Waals surface area contributed by atoms with Crippen molar-refractivity contribution in [3.05, 3.63) is 48.9 Å². The number of aromatic nitrogens is 4. The molecule has 0 bridgehead atoms. The second-order valence-electron chi connectivity index (χ2n) is 9.02. The number of nitrogens with one attached hydrogen (secondary N) is 1. The summed E-state index contributed by atoms with van der Waals surface area (Å²) in [6, 6.07) is 8.90. The predicted molar refractivity (Wildman–Crippen MR) is 139 cm³/mol. The Morgan fingerprint density at radius 1 is 1.08 bits per heavy atom. The van der Waals surface area contributed by atoms with E-state index in [4.69, 9.17) is 14.5 Å². The van der Waals surface area contributed by atoms with Crippen LogP contribution in [0.2, 0.25) is 0 Å². The molecule has 0 unspecified atom stereocenters. The molecule has 2 saturated heterocycles. The fraction of sp³-hybridized carbons (Fsp3) is 0.423. The Balaban J connectivity index is 1.26. The largest absolute Gasteiger partial charge is 0.490 e. The Hall–Kier alpha value is -4.15. The van der Waals surface area contributed by atoms with E-state index < -0.39 is 12.0 Å². The third kappa shape index (κ3) is 5.82. The van der Waals surface area contributed by atoms with Crippen molar-refractivity contribution >= 4 is 29.4 Å². The number of para-hydroxylation sites is 2. The van der Waals surface area contributed by atoms with Crippen molar-refractivity contribution in [3.8, 4) is 11.5 Å². The van der Waals surface area contributed by atoms with Crippen LogP contribution >= 0.6 is 0 Å². The van der Waals surface area contributed by atoms with Crippen LogP contribution in [0.25, 0.3) is 0 Å². The fourth-order valence-corrected chi connectivity index (χ4v) is 4.79. The van der Waals surface area contributed by atoms with Gasteiger partial charge in [-0.1, -0.05) is 12.1 Å². The number of nitrogens with zero attached hydrogens (tertiary/aromatic N) is 6. The molecule has 37 heavy (non-hydrogen) atoms. The number of carboxylic acids is 1. The Morgan fingerprint density at radius 3 is 2.76 bits per heavy atom. The number of piperidine rings is 1. The van der Waals surface area contributed by atoms with Crippen LogP contribution in [0.1, 0.15) is 32.6 Å². The molecule has 2 aliphatic heterocycles. The number of hydrogen-bond donors (Lipinski definition) is 2. The molecule has 0 saturated carbocycles. The van der Waals surface area contributed by atoms with E-state index in [0.29, 0.717) is 43.7 Å². The van der Waals surface area contributed by atoms with Gasteiger partial charge in [0.1, 0.15) is 23.8 Å². The summed E-state index contributed by atoms with van der Waals surface area (Å²) in [6.45, 7) is 4.71. The van der Waals surface area contributed by atoms with Gasteiger partial charge < -0.3 is 29.7 Å². The van der Waals surface area contributed by atoms with E-state index in [0.717, 1.165) is 43.1 Å². The summed E-state index contributed by atoms with van der Waals surface area (Å²) in [5.74, 6) is 2.82. The molecule has 0 amide bonds. The molecule has 0 aliphatic carbocycles. The lowest BCUT2D eigenvalue weighted by atomic mass is 10.1. The number of benzene rings is 1. The molecule has 194 valence electrons. The van der Waals surface area contributed by atoms with Crippen LogP contribution < -0.4 is 24.6 Å². The highest BCUT2D eigenvalue weighted by atomic mass is 16.5. The number of carbonyl (C=O) groups is 1. The molecule has 11 nitrogen and oxygen atoms in total. The summed E-state index contributed by atoms with van der Waals surface area (Å²) < 4.78 is 12.0. The summed E-state index contributed by atoms with van der Waals surface area (Å²) in [6.07, 6.45) is 8.29. The molecule has 11 heteroatoms. The summed E-state index contributed by atoms with van der Waals surface area (Å²) in [4.78, 5) is 33.5. The van der Waals surface area contributed by atoms with E-state index in [1.807, 2.05) is 31.2 Å². The minimum absolute atomic E-state index is 0.00331. The SMILES string of the molecule is CCOc1ccccc1O[C@@H]1CCCN(c2cncc(Nc3nccc(N4CCC[C@H]4C(=O)O)n3)n2)C1. The first kappa shape index (κ1) is 24.5. The Morgan fingerprint density at radius 2 is 1.92 bits per heavy atom. The van der Waals surface area contributed by atoms with Crippen LogP contribution in [0.5, 0.6) is 11.5 Å². The van der Waals surface area contributed by atoms with Gasteiger partial charge in [-0.15, -0.1) is 0 Å². The second kappa shape index (κ2) is 11.3. The van der Waals surface area contributed by atoms with Gasteiger partial charge in [-0.3, -0.25) is 4.98 Å². The van der Waals surface area contributed by atoms with E-state index in [-0.39, 0.29) is 6.10 Å². The maximum Gasteiger partial charge on any atom is 0.326 e. The van der Waals surface area contributed by atoms with Gasteiger partial charge in [-0.25, -0.2) is 14.8 Å². The van der Waals surface area contributed by atoms with E-state index in [9.17, 15) is 9.90 Å². The monoisotopic (exact) mass is 505 g/mol. The minimum atomic E-state index is -0.839. The molecule has 1 aromatic carbocycles. The van der Waals surface area contributed by atoms with Gasteiger partial charge in [-0.05, 0) is 50.8 Å². The van der Waals surface area contributed by atoms with Crippen molar-refractivity contribution in [3.63, 3.8) is 0 Å². The highest BCUT2D eigenvalue weighted by molar-refractivity contribution is 5.78. The third-order valence-corrected chi connectivity index (χ3v) is 6.48. The summed E-state index contributed by atoms with van der Waals surface area (Å²) in [7, 11) is 0. The number of carboxylic acid groups (broad SMARTS) is 1. The maximum atomic E-state index is 11.6. The van der Waals surface area contributed by atoms with E-state index >= 15 is 0 Å². The van der Waals surface area contributed by atoms with Gasteiger partial charge in [0.25, 0.3) is 0 Å². The van der Waals surface area contributed by atoms with Gasteiger partial charge in [0.05, 0.1) is 25.5 Å². The zero-order chi connectivity index (χ0) is 25.6. The number of anilines is 4. The molecule has 3 aromatic rings. The molecular formula is C26H31N7O4. The fourth-order valence-electron chi connectivity index (χ4n) is 4.79. The molecule has 0 spiro atoms. The zero-order valence-corrected chi connectivity index (χ0v) is 20.8. The van der Waals surface area contributed by atoms with Gasteiger partial charge in [0.2, 0.25) is 5.95 Å². The van der Waals surface area contributed by atoms with Crippen molar-refractivity contribution in [2.45, 2.75) is 44.8 Å². The lowest BCUT2D eigenvalue weighted by Gasteiger charge is -2.33. The van der Waals surface area contributed by atoms with Crippen LogP contribution in [-0.2, 0) is 4.79 Å². The van der Waals surface area contributed by atoms with Crippen LogP contribution in [-0.4, -0.2) is 69.4 Å². The van der Waals surface area contributed by atoms with Crippen molar-refractivity contribution in [1.29, 1.82) is 0 Å². The van der Waals surface area contributed by atoms with E-state index in [1.54, 1.807) is 29.6 Å². The van der Waals surface area contributed by atoms with Crippen LogP contribution in [0.15, 0.2) is 48.9 Å². The van der Waals surface area contributed by atoms with Crippen LogP contribution in [0, 0.1) is 0 Å². The normalized spacial score (nSPS) is 19.5. The Kier molecular flexibility index (Phi) is 7.48. The van der Waals surface area contributed by atoms with E-state index in [2.05, 4.69) is 25.2 Å². The highest BCUT2D eigenvalue weighted by Gasteiger charge is 2.31. The first-order valence-electron chi connectivity index (χ1n) is 12.7. The Labute approximate surface area is 215 Å². The highest BCUT2D eigenvalue weighted by Crippen LogP contribution is 2.30. The molecule has 2 N–H and O–H groups in total. The number of ether oxygens (including phenoxy) is 2. The quantitative estimate of drug-likeness (QED) is 0.444. The van der Waals surface area contributed by atoms with E-state index in [1.165, 1.54) is 0 Å². The second-order valence-corrected chi connectivity index (χ2v) is 9.02. The lowest BCUT2D eigenvalue weighted by molar-refractivity contribution is -0.138. The zero-order valence-electron chi connectivity index (χ0n) is 20.8. The van der Waals surface area contributed by atoms with Gasteiger partial charge in [0, 0.05) is 19.3 Å². The molecule has 4 heterocycles. The predicted octanol–water partition coefficient (Wildman–Crippen LogP) is 3.51. The van der Waals surface area contributed by atoms with Crippen molar-refractivity contribution in [2.24, 2.45) is 0 Å². The average Bonchev–Trinajstić information content (AvgIpc) is 3.41. The number of hydrogen-bond acceptors (Lipinski definition) is 10. The first-order chi connectivity index (χ1) is 18.1. The third-order valence-electron chi connectivity index (χ3n) is 6.48. The number of aliphatic carboxylic acids is 1. The molecule has 2 fully saturated rings. The molecule has 5 rings (SSSR count). The molecule has 2 aromatic heterocycles. The average molecular weight is 506 g/mol. The lowest BCUT2D eigenvalue weighted by Crippen LogP contribution is -2.41. The van der Waals surface area contributed by atoms with Gasteiger partial charge in [-0.2, -0.15) is 4.98 Å².